The molecule has 1 aromatic rings. The average Bonchev–Trinajstić information content (AvgIpc) is 2.14. The molecule has 0 aliphatic carbocycles. The van der Waals surface area contributed by atoms with Crippen molar-refractivity contribution in [2.45, 2.75) is 20.8 Å². The molecule has 0 N–H and O–H groups in total. The van der Waals surface area contributed by atoms with Crippen molar-refractivity contribution >= 4 is 42.2 Å². The molecule has 0 unspecified atom stereocenters. The maximum atomic E-state index is 6.23. The van der Waals surface area contributed by atoms with Gasteiger partial charge >= 0.3 is 98.7 Å². The summed E-state index contributed by atoms with van der Waals surface area (Å²) in [5.41, 5.74) is 0.125. The fourth-order valence-corrected chi connectivity index (χ4v) is 5.82. The SMILES string of the molecule is CC(C)(C)C(Cl)=P[Se]c1ccccc1. The van der Waals surface area contributed by atoms with Gasteiger partial charge in [-0.25, -0.2) is 0 Å². The molecular formula is C11H14ClPSe. The Morgan fingerprint density at radius 1 is 1.21 bits per heavy atom. The second-order valence-corrected chi connectivity index (χ2v) is 8.78. The molecule has 0 fully saturated rings. The van der Waals surface area contributed by atoms with Crippen molar-refractivity contribution in [1.29, 1.82) is 0 Å². The number of hydrogen-bond donors (Lipinski definition) is 0. The van der Waals surface area contributed by atoms with E-state index in [2.05, 4.69) is 45.0 Å². The normalized spacial score (nSPS) is 13.0. The van der Waals surface area contributed by atoms with Crippen molar-refractivity contribution in [3.63, 3.8) is 0 Å². The van der Waals surface area contributed by atoms with Crippen LogP contribution in [0.4, 0.5) is 0 Å². The molecule has 76 valence electrons. The zero-order valence-electron chi connectivity index (χ0n) is 8.62. The van der Waals surface area contributed by atoms with E-state index in [4.69, 9.17) is 11.6 Å². The predicted octanol–water partition coefficient (Wildman–Crippen LogP) is 3.29. The Labute approximate surface area is 98.6 Å². The standard InChI is InChI=1S/C11H14ClPSe/c1-11(2,3)10(12)13-14-9-7-5-4-6-8-9/h4-8H,1-3H3. The Morgan fingerprint density at radius 3 is 2.29 bits per heavy atom. The molecule has 3 heteroatoms. The Hall–Kier alpha value is 0.199. The van der Waals surface area contributed by atoms with Gasteiger partial charge in [0.1, 0.15) is 0 Å². The molecule has 0 aliphatic heterocycles. The molecule has 0 saturated heterocycles. The zero-order chi connectivity index (χ0) is 10.6. The summed E-state index contributed by atoms with van der Waals surface area (Å²) in [6.45, 7) is 7.75. The Bertz CT molecular complexity index is 314. The van der Waals surface area contributed by atoms with Crippen LogP contribution in [0.1, 0.15) is 20.8 Å². The minimum atomic E-state index is 0.125. The van der Waals surface area contributed by atoms with Crippen molar-refractivity contribution in [2.75, 3.05) is 0 Å². The Morgan fingerprint density at radius 2 is 1.79 bits per heavy atom. The third-order valence-electron chi connectivity index (χ3n) is 1.59. The van der Waals surface area contributed by atoms with Gasteiger partial charge in [-0.2, -0.15) is 0 Å². The van der Waals surface area contributed by atoms with Crippen LogP contribution in [0.25, 0.3) is 0 Å². The second kappa shape index (κ2) is 5.33. The van der Waals surface area contributed by atoms with Crippen molar-refractivity contribution in [3.8, 4) is 0 Å². The van der Waals surface area contributed by atoms with Crippen LogP contribution in [0, 0.1) is 5.41 Å². The van der Waals surface area contributed by atoms with Crippen LogP contribution in [0.15, 0.2) is 30.3 Å². The van der Waals surface area contributed by atoms with E-state index in [1.807, 2.05) is 6.07 Å². The molecule has 1 aromatic carbocycles. The molecule has 14 heavy (non-hydrogen) atoms. The van der Waals surface area contributed by atoms with Gasteiger partial charge in [0.05, 0.1) is 0 Å². The van der Waals surface area contributed by atoms with Crippen molar-refractivity contribution < 1.29 is 0 Å². The molecule has 0 aromatic heterocycles. The number of rotatable bonds is 2. The van der Waals surface area contributed by atoms with Crippen LogP contribution >= 0.6 is 18.5 Å². The topological polar surface area (TPSA) is 0 Å². The summed E-state index contributed by atoms with van der Waals surface area (Å²) in [7, 11) is 0. The van der Waals surface area contributed by atoms with Crippen LogP contribution in [0.3, 0.4) is 0 Å². The number of halogens is 1. The summed E-state index contributed by atoms with van der Waals surface area (Å²) in [5.74, 6) is 0. The zero-order valence-corrected chi connectivity index (χ0v) is 12.0. The van der Waals surface area contributed by atoms with E-state index in [1.54, 1.807) is 0 Å². The molecule has 0 nitrogen and oxygen atoms in total. The van der Waals surface area contributed by atoms with Crippen LogP contribution in [-0.2, 0) is 0 Å². The summed E-state index contributed by atoms with van der Waals surface area (Å²) in [4.78, 5) is 0. The van der Waals surface area contributed by atoms with Gasteiger partial charge in [0.25, 0.3) is 0 Å². The summed E-state index contributed by atoms with van der Waals surface area (Å²) in [6.07, 6.45) is 0. The fourth-order valence-electron chi connectivity index (χ4n) is 0.711. The van der Waals surface area contributed by atoms with Crippen molar-refractivity contribution in [1.82, 2.24) is 0 Å². The minimum absolute atomic E-state index is 0.125. The number of hydrogen-bond acceptors (Lipinski definition) is 0. The molecule has 0 heterocycles. The Balaban J connectivity index is 2.65. The summed E-state index contributed by atoms with van der Waals surface area (Å²) < 4.78 is 2.46. The van der Waals surface area contributed by atoms with Gasteiger partial charge in [-0.15, -0.1) is 0 Å². The third kappa shape index (κ3) is 4.15. The number of benzene rings is 1. The second-order valence-electron chi connectivity index (χ2n) is 4.04. The van der Waals surface area contributed by atoms with Gasteiger partial charge < -0.3 is 0 Å². The fraction of sp³-hybridized carbons (Fsp3) is 0.364. The first-order chi connectivity index (χ1) is 6.50. The summed E-state index contributed by atoms with van der Waals surface area (Å²) in [5, 5.41) is 0. The summed E-state index contributed by atoms with van der Waals surface area (Å²) in [6, 6.07) is 10.5. The molecule has 0 radical (unpaired) electrons. The molecule has 0 spiro atoms. The van der Waals surface area contributed by atoms with Gasteiger partial charge in [-0.1, -0.05) is 0 Å². The monoisotopic (exact) mass is 292 g/mol. The van der Waals surface area contributed by atoms with Crippen molar-refractivity contribution in [3.05, 3.63) is 30.3 Å². The van der Waals surface area contributed by atoms with Gasteiger partial charge in [-0.05, 0) is 0 Å². The summed E-state index contributed by atoms with van der Waals surface area (Å²) >= 11 is 6.68. The predicted molar refractivity (Wildman–Crippen MR) is 69.1 cm³/mol. The van der Waals surface area contributed by atoms with Gasteiger partial charge in [0.15, 0.2) is 0 Å². The van der Waals surface area contributed by atoms with E-state index in [9.17, 15) is 0 Å². The molecule has 0 atom stereocenters. The first-order valence-electron chi connectivity index (χ1n) is 4.46. The van der Waals surface area contributed by atoms with E-state index in [0.29, 0.717) is 14.5 Å². The van der Waals surface area contributed by atoms with E-state index >= 15 is 0 Å². The van der Waals surface area contributed by atoms with Crippen LogP contribution in [-0.4, -0.2) is 19.3 Å². The van der Waals surface area contributed by atoms with Gasteiger partial charge in [0, 0.05) is 0 Å². The van der Waals surface area contributed by atoms with Gasteiger partial charge in [0.2, 0.25) is 0 Å². The quantitative estimate of drug-likeness (QED) is 0.579. The van der Waals surface area contributed by atoms with E-state index in [-0.39, 0.29) is 5.41 Å². The molecule has 0 aliphatic rings. The maximum absolute atomic E-state index is 6.23. The molecule has 0 amide bonds. The molecule has 0 saturated carbocycles. The first-order valence-corrected chi connectivity index (χ1v) is 8.81. The molecular weight excluding hydrogens is 278 g/mol. The molecule has 0 bridgehead atoms. The Kier molecular flexibility index (Phi) is 4.67. The van der Waals surface area contributed by atoms with Crippen molar-refractivity contribution in [2.24, 2.45) is 5.41 Å². The van der Waals surface area contributed by atoms with E-state index < -0.39 is 0 Å². The average molecular weight is 292 g/mol. The third-order valence-corrected chi connectivity index (χ3v) is 7.85. The van der Waals surface area contributed by atoms with Crippen LogP contribution < -0.4 is 4.46 Å². The van der Waals surface area contributed by atoms with Crippen LogP contribution in [0.2, 0.25) is 0 Å². The van der Waals surface area contributed by atoms with E-state index in [0.717, 1.165) is 4.75 Å². The van der Waals surface area contributed by atoms with Crippen LogP contribution in [0.5, 0.6) is 0 Å². The molecule has 1 rings (SSSR count). The van der Waals surface area contributed by atoms with Gasteiger partial charge in [-0.3, -0.25) is 0 Å². The first kappa shape index (κ1) is 12.3. The van der Waals surface area contributed by atoms with E-state index in [1.165, 1.54) is 11.4 Å².